The van der Waals surface area contributed by atoms with Gasteiger partial charge >= 0.3 is 0 Å². The zero-order valence-electron chi connectivity index (χ0n) is 14.3. The molecule has 1 aromatic carbocycles. The summed E-state index contributed by atoms with van der Waals surface area (Å²) in [6.45, 7) is 0.382. The summed E-state index contributed by atoms with van der Waals surface area (Å²) >= 11 is 4.28. The fourth-order valence-corrected chi connectivity index (χ4v) is 3.99. The Labute approximate surface area is 168 Å². The molecule has 0 saturated carbocycles. The van der Waals surface area contributed by atoms with Gasteiger partial charge in [-0.25, -0.2) is 12.7 Å². The van der Waals surface area contributed by atoms with Gasteiger partial charge < -0.3 is 20.2 Å². The van der Waals surface area contributed by atoms with Gasteiger partial charge in [-0.2, -0.15) is 8.75 Å². The summed E-state index contributed by atoms with van der Waals surface area (Å²) in [6.07, 6.45) is 1.57. The number of phenols is 1. The molecule has 0 unspecified atom stereocenters. The Hall–Kier alpha value is -2.15. The molecule has 12 heteroatoms. The molecule has 9 nitrogen and oxygen atoms in total. The molecule has 0 radical (unpaired) electrons. The van der Waals surface area contributed by atoms with E-state index in [-0.39, 0.29) is 16.3 Å². The van der Waals surface area contributed by atoms with Gasteiger partial charge in [0.1, 0.15) is 16.9 Å². The van der Waals surface area contributed by atoms with Crippen molar-refractivity contribution in [3.63, 3.8) is 0 Å². The maximum absolute atomic E-state index is 12.3. The second-order valence-corrected chi connectivity index (χ2v) is 9.18. The minimum absolute atomic E-state index is 0.198. The van der Waals surface area contributed by atoms with Gasteiger partial charge in [0.25, 0.3) is 0 Å². The van der Waals surface area contributed by atoms with Crippen molar-refractivity contribution in [2.24, 2.45) is 0 Å². The van der Waals surface area contributed by atoms with Gasteiger partial charge in [-0.05, 0) is 34.1 Å². The fourth-order valence-electron chi connectivity index (χ4n) is 2.16. The lowest BCUT2D eigenvalue weighted by atomic mass is 10.3. The van der Waals surface area contributed by atoms with Gasteiger partial charge in [-0.15, -0.1) is 0 Å². The predicted octanol–water partition coefficient (Wildman–Crippen LogP) is 3.21. The zero-order valence-corrected chi connectivity index (χ0v) is 17.5. The fraction of sp³-hybridized carbons (Fsp3) is 0.200. The number of aromatic hydroxyl groups is 1. The molecule has 144 valence electrons. The number of sulfonamides is 1. The maximum Gasteiger partial charge on any atom is 0.246 e. The lowest BCUT2D eigenvalue weighted by molar-refractivity contribution is 0.454. The van der Waals surface area contributed by atoms with Crippen LogP contribution in [-0.4, -0.2) is 40.7 Å². The molecule has 0 aliphatic heterocycles. The van der Waals surface area contributed by atoms with Gasteiger partial charge in [0.15, 0.2) is 17.4 Å². The van der Waals surface area contributed by atoms with E-state index in [0.29, 0.717) is 23.9 Å². The molecule has 0 fully saturated rings. The first kappa shape index (κ1) is 19.6. The zero-order chi connectivity index (χ0) is 19.6. The molecule has 0 bridgehead atoms. The van der Waals surface area contributed by atoms with Crippen LogP contribution in [0.2, 0.25) is 0 Å². The molecule has 0 aliphatic rings. The van der Waals surface area contributed by atoms with Crippen LogP contribution in [0.4, 0.5) is 17.3 Å². The van der Waals surface area contributed by atoms with E-state index >= 15 is 0 Å². The molecule has 0 atom stereocenters. The number of rotatable bonds is 7. The van der Waals surface area contributed by atoms with Crippen LogP contribution >= 0.6 is 27.7 Å². The Morgan fingerprint density at radius 3 is 2.70 bits per heavy atom. The first-order valence-corrected chi connectivity index (χ1v) is 10.6. The molecule has 0 amide bonds. The number of benzene rings is 1. The summed E-state index contributed by atoms with van der Waals surface area (Å²) in [5.74, 6) is 1.12. The predicted molar refractivity (Wildman–Crippen MR) is 106 cm³/mol. The van der Waals surface area contributed by atoms with Crippen LogP contribution in [0.15, 0.2) is 44.3 Å². The van der Waals surface area contributed by atoms with E-state index in [1.54, 1.807) is 12.3 Å². The molecule has 3 rings (SSSR count). The maximum atomic E-state index is 12.3. The quantitative estimate of drug-likeness (QED) is 0.447. The Kier molecular flexibility index (Phi) is 5.69. The number of para-hydroxylation sites is 1. The highest BCUT2D eigenvalue weighted by atomic mass is 79.9. The molecule has 3 aromatic rings. The summed E-state index contributed by atoms with van der Waals surface area (Å²) in [4.78, 5) is -0.198. The van der Waals surface area contributed by atoms with Crippen molar-refractivity contribution in [2.45, 2.75) is 11.4 Å². The van der Waals surface area contributed by atoms with Crippen LogP contribution in [0.25, 0.3) is 0 Å². The highest BCUT2D eigenvalue weighted by molar-refractivity contribution is 9.10. The van der Waals surface area contributed by atoms with E-state index < -0.39 is 10.0 Å². The van der Waals surface area contributed by atoms with Crippen molar-refractivity contribution in [1.82, 2.24) is 13.1 Å². The molecular weight excluding hydrogens is 458 g/mol. The summed E-state index contributed by atoms with van der Waals surface area (Å²) < 4.78 is 40.1. The third-order valence-electron chi connectivity index (χ3n) is 3.55. The van der Waals surface area contributed by atoms with Gasteiger partial charge in [0.05, 0.1) is 28.4 Å². The van der Waals surface area contributed by atoms with Gasteiger partial charge in [0.2, 0.25) is 10.0 Å². The average Bonchev–Trinajstić information content (AvgIpc) is 3.23. The average molecular weight is 474 g/mol. The second kappa shape index (κ2) is 7.84. The van der Waals surface area contributed by atoms with Gasteiger partial charge in [0, 0.05) is 14.1 Å². The first-order chi connectivity index (χ1) is 12.8. The van der Waals surface area contributed by atoms with E-state index in [0.717, 1.165) is 20.5 Å². The number of hydrogen-bond donors (Lipinski definition) is 3. The minimum Gasteiger partial charge on any atom is -0.504 e. The van der Waals surface area contributed by atoms with E-state index in [9.17, 15) is 13.5 Å². The molecule has 27 heavy (non-hydrogen) atoms. The van der Waals surface area contributed by atoms with Crippen molar-refractivity contribution in [2.75, 3.05) is 24.7 Å². The second-order valence-electron chi connectivity index (χ2n) is 5.61. The number of anilines is 3. The largest absolute Gasteiger partial charge is 0.504 e. The number of hydrogen-bond acceptors (Lipinski definition) is 9. The Morgan fingerprint density at radius 1 is 1.30 bits per heavy atom. The third-order valence-corrected chi connectivity index (χ3v) is 6.34. The smallest absolute Gasteiger partial charge is 0.246 e. The standard InChI is InChI=1S/C15H16BrN5O4S2/c1-21(2)27(23,24)12-5-3-4-11(13(12)22)18-15-14(19-26-20-15)17-7-10-6-9(16)8-25-10/h3-6,8,22H,7H2,1-2H3,(H,17,19)(H,18,20). The topological polar surface area (TPSA) is 121 Å². The van der Waals surface area contributed by atoms with E-state index in [1.807, 2.05) is 6.07 Å². The van der Waals surface area contributed by atoms with E-state index in [4.69, 9.17) is 4.42 Å². The summed E-state index contributed by atoms with van der Waals surface area (Å²) in [7, 11) is -0.991. The van der Waals surface area contributed by atoms with Crippen molar-refractivity contribution in [1.29, 1.82) is 0 Å². The van der Waals surface area contributed by atoms with E-state index in [1.165, 1.54) is 26.2 Å². The first-order valence-electron chi connectivity index (χ1n) is 7.60. The highest BCUT2D eigenvalue weighted by Gasteiger charge is 2.23. The number of nitrogens with one attached hydrogen (secondary N) is 2. The van der Waals surface area contributed by atoms with Crippen molar-refractivity contribution in [3.05, 3.63) is 40.8 Å². The van der Waals surface area contributed by atoms with Crippen molar-refractivity contribution >= 4 is 55.0 Å². The third kappa shape index (κ3) is 4.24. The molecule has 2 aromatic heterocycles. The van der Waals surface area contributed by atoms with E-state index in [2.05, 4.69) is 35.3 Å². The van der Waals surface area contributed by atoms with Crippen LogP contribution in [0.1, 0.15) is 5.76 Å². The lowest BCUT2D eigenvalue weighted by Crippen LogP contribution is -2.22. The van der Waals surface area contributed by atoms with Crippen LogP contribution in [-0.2, 0) is 16.6 Å². The molecule has 0 spiro atoms. The summed E-state index contributed by atoms with van der Waals surface area (Å²) in [6, 6.07) is 6.24. The molecule has 0 saturated heterocycles. The van der Waals surface area contributed by atoms with Crippen molar-refractivity contribution < 1.29 is 17.9 Å². The molecular formula is C15H16BrN5O4S2. The van der Waals surface area contributed by atoms with Crippen LogP contribution in [0, 0.1) is 0 Å². The van der Waals surface area contributed by atoms with Gasteiger partial charge in [-0.3, -0.25) is 0 Å². The number of phenolic OH excluding ortho intramolecular Hbond substituents is 1. The lowest BCUT2D eigenvalue weighted by Gasteiger charge is -2.15. The monoisotopic (exact) mass is 473 g/mol. The molecule has 3 N–H and O–H groups in total. The van der Waals surface area contributed by atoms with Crippen molar-refractivity contribution in [3.8, 4) is 5.75 Å². The Morgan fingerprint density at radius 2 is 2.04 bits per heavy atom. The number of aromatic nitrogens is 2. The highest BCUT2D eigenvalue weighted by Crippen LogP contribution is 2.35. The van der Waals surface area contributed by atoms with Crippen LogP contribution in [0.3, 0.4) is 0 Å². The molecule has 2 heterocycles. The van der Waals surface area contributed by atoms with Crippen LogP contribution < -0.4 is 10.6 Å². The van der Waals surface area contributed by atoms with Crippen LogP contribution in [0.5, 0.6) is 5.75 Å². The van der Waals surface area contributed by atoms with Gasteiger partial charge in [-0.1, -0.05) is 6.07 Å². The number of furan rings is 1. The Bertz CT molecular complexity index is 1050. The summed E-state index contributed by atoms with van der Waals surface area (Å²) in [5, 5.41) is 16.4. The normalized spacial score (nSPS) is 11.7. The molecule has 0 aliphatic carbocycles. The summed E-state index contributed by atoms with van der Waals surface area (Å²) in [5.41, 5.74) is 0.203. The Balaban J connectivity index is 1.82. The SMILES string of the molecule is CN(C)S(=O)(=O)c1cccc(Nc2nsnc2NCc2cc(Br)co2)c1O. The number of halogens is 1. The minimum atomic E-state index is -3.79. The number of nitrogens with zero attached hydrogens (tertiary/aromatic N) is 3.